The van der Waals surface area contributed by atoms with Gasteiger partial charge >= 0.3 is 5.91 Å². The molecule has 5 nitrogen and oxygen atoms in total. The normalized spacial score (nSPS) is 11.2. The Kier molecular flexibility index (Phi) is 7.25. The van der Waals surface area contributed by atoms with E-state index < -0.39 is 11.9 Å². The molecule has 1 atom stereocenters. The third kappa shape index (κ3) is 5.07. The van der Waals surface area contributed by atoms with Crippen LogP contribution >= 0.6 is 11.3 Å². The zero-order valence-electron chi connectivity index (χ0n) is 16.6. The first-order chi connectivity index (χ1) is 14.6. The highest BCUT2D eigenvalue weighted by Crippen LogP contribution is 2.31. The van der Waals surface area contributed by atoms with E-state index in [0.29, 0.717) is 24.4 Å². The number of carbonyl (C=O) groups excluding carboxylic acids is 2. The van der Waals surface area contributed by atoms with Crippen LogP contribution in [0.3, 0.4) is 0 Å². The molecular formula is C24H22N2O3S. The van der Waals surface area contributed by atoms with Crippen LogP contribution in [0.5, 0.6) is 5.75 Å². The molecule has 0 fully saturated rings. The molecule has 152 valence electrons. The van der Waals surface area contributed by atoms with Crippen LogP contribution < -0.4 is 15.0 Å². The molecule has 1 N–H and O–H groups in total. The quantitative estimate of drug-likeness (QED) is 0.566. The first-order valence-electron chi connectivity index (χ1n) is 9.43. The molecule has 1 aromatic heterocycles. The zero-order chi connectivity index (χ0) is 21.3. The number of anilines is 1. The second-order valence-corrected chi connectivity index (χ2v) is 7.44. The first kappa shape index (κ1) is 21.2. The molecular weight excluding hydrogens is 396 g/mol. The van der Waals surface area contributed by atoms with Crippen LogP contribution in [0.2, 0.25) is 0 Å². The predicted molar refractivity (Wildman–Crippen MR) is 120 cm³/mol. The van der Waals surface area contributed by atoms with Gasteiger partial charge in [0.25, 0.3) is 0 Å². The molecule has 0 saturated carbocycles. The Hall–Kier alpha value is -3.56. The lowest BCUT2D eigenvalue weighted by Crippen LogP contribution is -2.43. The molecule has 30 heavy (non-hydrogen) atoms. The second-order valence-electron chi connectivity index (χ2n) is 6.46. The number of amides is 2. The largest absolute Gasteiger partial charge is 0.497 e. The molecule has 0 aliphatic rings. The maximum atomic E-state index is 13.2. The van der Waals surface area contributed by atoms with Crippen molar-refractivity contribution in [1.82, 2.24) is 5.32 Å². The van der Waals surface area contributed by atoms with Crippen molar-refractivity contribution < 1.29 is 14.3 Å². The molecule has 0 radical (unpaired) electrons. The summed E-state index contributed by atoms with van der Waals surface area (Å²) in [7, 11) is 1.56. The number of nitrogens with one attached hydrogen (secondary N) is 1. The Morgan fingerprint density at radius 1 is 1.10 bits per heavy atom. The maximum absolute atomic E-state index is 13.2. The van der Waals surface area contributed by atoms with Gasteiger partial charge in [-0.05, 0) is 53.6 Å². The number of nitrogens with zero attached hydrogens (tertiary/aromatic N) is 1. The van der Waals surface area contributed by atoms with Gasteiger partial charge in [-0.1, -0.05) is 36.4 Å². The number of benzene rings is 2. The minimum atomic E-state index is -0.863. The molecule has 2 amide bonds. The zero-order valence-corrected chi connectivity index (χ0v) is 17.4. The van der Waals surface area contributed by atoms with Gasteiger partial charge in [0.2, 0.25) is 5.91 Å². The Morgan fingerprint density at radius 3 is 2.43 bits per heavy atom. The lowest BCUT2D eigenvalue weighted by atomic mass is 10.1. The molecule has 2 aromatic carbocycles. The highest BCUT2D eigenvalue weighted by molar-refractivity contribution is 7.10. The molecule has 1 unspecified atom stereocenters. The first-order valence-corrected chi connectivity index (χ1v) is 10.3. The number of ether oxygens (including phenoxy) is 1. The molecule has 3 aromatic rings. The molecule has 0 spiro atoms. The Bertz CT molecular complexity index is 1010. The van der Waals surface area contributed by atoms with Gasteiger partial charge in [-0.2, -0.15) is 0 Å². The van der Waals surface area contributed by atoms with Crippen LogP contribution in [0, 0.1) is 12.3 Å². The van der Waals surface area contributed by atoms with Crippen molar-refractivity contribution in [2.45, 2.75) is 12.5 Å². The van der Waals surface area contributed by atoms with Gasteiger partial charge in [-0.3, -0.25) is 14.5 Å². The van der Waals surface area contributed by atoms with Crippen molar-refractivity contribution in [2.24, 2.45) is 0 Å². The summed E-state index contributed by atoms with van der Waals surface area (Å²) in [6.45, 7) is 0.450. The monoisotopic (exact) mass is 418 g/mol. The van der Waals surface area contributed by atoms with Gasteiger partial charge < -0.3 is 10.1 Å². The fraction of sp³-hybridized carbons (Fsp3) is 0.167. The van der Waals surface area contributed by atoms with Gasteiger partial charge in [0.15, 0.2) is 6.04 Å². The van der Waals surface area contributed by atoms with E-state index in [2.05, 4.69) is 11.2 Å². The minimum absolute atomic E-state index is 0.284. The van der Waals surface area contributed by atoms with Crippen molar-refractivity contribution in [3.05, 3.63) is 82.6 Å². The van der Waals surface area contributed by atoms with Crippen LogP contribution in [-0.2, 0) is 16.0 Å². The summed E-state index contributed by atoms with van der Waals surface area (Å²) >= 11 is 1.40. The van der Waals surface area contributed by atoms with Gasteiger partial charge in [-0.25, -0.2) is 0 Å². The Balaban J connectivity index is 1.86. The van der Waals surface area contributed by atoms with E-state index >= 15 is 0 Å². The van der Waals surface area contributed by atoms with Crippen molar-refractivity contribution in [2.75, 3.05) is 18.6 Å². The molecule has 0 saturated heterocycles. The SMILES string of the molecule is C#CC(=O)N(c1ccc(OC)cc1)C(C(=O)NCCc1ccccc1)c1cccs1. The van der Waals surface area contributed by atoms with Gasteiger partial charge in [0.05, 0.1) is 7.11 Å². The topological polar surface area (TPSA) is 58.6 Å². The van der Waals surface area contributed by atoms with Crippen molar-refractivity contribution in [3.8, 4) is 18.1 Å². The summed E-state index contributed by atoms with van der Waals surface area (Å²) in [5.41, 5.74) is 1.65. The van der Waals surface area contributed by atoms with Crippen LogP contribution in [0.25, 0.3) is 0 Å². The standard InChI is InChI=1S/C24H22N2O3S/c1-3-22(27)26(19-11-13-20(29-2)14-12-19)23(21-10-7-17-30-21)24(28)25-16-15-18-8-5-4-6-9-18/h1,4-14,17,23H,15-16H2,2H3,(H,25,28). The number of methoxy groups -OCH3 is 1. The van der Waals surface area contributed by atoms with Crippen LogP contribution in [0.1, 0.15) is 16.5 Å². The number of hydrogen-bond donors (Lipinski definition) is 1. The van der Waals surface area contributed by atoms with Crippen molar-refractivity contribution in [3.63, 3.8) is 0 Å². The lowest BCUT2D eigenvalue weighted by molar-refractivity contribution is -0.125. The summed E-state index contributed by atoms with van der Waals surface area (Å²) in [5, 5.41) is 4.82. The Labute approximate surface area is 180 Å². The maximum Gasteiger partial charge on any atom is 0.303 e. The Morgan fingerprint density at radius 2 is 1.83 bits per heavy atom. The molecule has 0 aliphatic carbocycles. The van der Waals surface area contributed by atoms with E-state index in [-0.39, 0.29) is 5.91 Å². The third-order valence-electron chi connectivity index (χ3n) is 4.57. The van der Waals surface area contributed by atoms with Crippen LogP contribution in [0.15, 0.2) is 72.1 Å². The predicted octanol–water partition coefficient (Wildman–Crippen LogP) is 3.82. The van der Waals surface area contributed by atoms with Gasteiger partial charge in [-0.15, -0.1) is 17.8 Å². The van der Waals surface area contributed by atoms with E-state index in [1.807, 2.05) is 47.8 Å². The van der Waals surface area contributed by atoms with Crippen LogP contribution in [-0.4, -0.2) is 25.5 Å². The number of carbonyl (C=O) groups is 2. The highest BCUT2D eigenvalue weighted by atomic mass is 32.1. The smallest absolute Gasteiger partial charge is 0.303 e. The van der Waals surface area contributed by atoms with Gasteiger partial charge in [0, 0.05) is 17.1 Å². The van der Waals surface area contributed by atoms with Gasteiger partial charge in [0.1, 0.15) is 5.75 Å². The van der Waals surface area contributed by atoms with Crippen molar-refractivity contribution >= 4 is 28.8 Å². The molecule has 1 heterocycles. The van der Waals surface area contributed by atoms with Crippen molar-refractivity contribution in [1.29, 1.82) is 0 Å². The third-order valence-corrected chi connectivity index (χ3v) is 5.49. The molecule has 6 heteroatoms. The summed E-state index contributed by atoms with van der Waals surface area (Å²) < 4.78 is 5.19. The number of hydrogen-bond acceptors (Lipinski definition) is 4. The van der Waals surface area contributed by atoms with Crippen LogP contribution in [0.4, 0.5) is 5.69 Å². The highest BCUT2D eigenvalue weighted by Gasteiger charge is 2.32. The molecule has 0 aliphatic heterocycles. The second kappa shape index (κ2) is 10.3. The average Bonchev–Trinajstić information content (AvgIpc) is 3.32. The minimum Gasteiger partial charge on any atom is -0.497 e. The summed E-state index contributed by atoms with van der Waals surface area (Å²) in [5.74, 6) is 1.93. The van der Waals surface area contributed by atoms with E-state index in [4.69, 9.17) is 11.2 Å². The molecule has 0 bridgehead atoms. The average molecular weight is 419 g/mol. The van der Waals surface area contributed by atoms with E-state index in [1.165, 1.54) is 16.2 Å². The fourth-order valence-electron chi connectivity index (χ4n) is 3.09. The fourth-order valence-corrected chi connectivity index (χ4v) is 3.90. The van der Waals surface area contributed by atoms with E-state index in [0.717, 1.165) is 10.4 Å². The van der Waals surface area contributed by atoms with E-state index in [9.17, 15) is 9.59 Å². The molecule has 3 rings (SSSR count). The van der Waals surface area contributed by atoms with E-state index in [1.54, 1.807) is 31.4 Å². The lowest BCUT2D eigenvalue weighted by Gasteiger charge is -2.29. The number of terminal acetylenes is 1. The summed E-state index contributed by atoms with van der Waals surface area (Å²) in [6, 6.07) is 19.6. The number of rotatable bonds is 8. The number of thiophene rings is 1. The summed E-state index contributed by atoms with van der Waals surface area (Å²) in [4.78, 5) is 28.0. The summed E-state index contributed by atoms with van der Waals surface area (Å²) in [6.07, 6.45) is 6.13.